The number of nitrogens with zero attached hydrogens (tertiary/aromatic N) is 2. The van der Waals surface area contributed by atoms with Crippen molar-refractivity contribution < 1.29 is 28.4 Å². The van der Waals surface area contributed by atoms with E-state index in [0.717, 1.165) is 11.1 Å². The summed E-state index contributed by atoms with van der Waals surface area (Å²) in [7, 11) is 6.35. The van der Waals surface area contributed by atoms with Crippen molar-refractivity contribution in [3.05, 3.63) is 29.5 Å². The number of nitrogens with two attached hydrogens (primary N) is 1. The summed E-state index contributed by atoms with van der Waals surface area (Å²) in [5.41, 5.74) is 7.82. The maximum atomic E-state index is 6.11. The number of methoxy groups -OCH3 is 4. The van der Waals surface area contributed by atoms with Gasteiger partial charge in [-0.15, -0.1) is 0 Å². The van der Waals surface area contributed by atoms with Gasteiger partial charge in [-0.25, -0.2) is 4.98 Å². The normalized spacial score (nSPS) is 10.7. The highest BCUT2D eigenvalue weighted by atomic mass is 16.5. The average molecular weight is 422 g/mol. The topological polar surface area (TPSA) is 119 Å². The first-order chi connectivity index (χ1) is 14.6. The van der Waals surface area contributed by atoms with E-state index in [1.165, 1.54) is 0 Å². The molecular formula is C20H30N4O6. The molecule has 0 spiro atoms. The van der Waals surface area contributed by atoms with Gasteiger partial charge < -0.3 is 39.5 Å². The summed E-state index contributed by atoms with van der Waals surface area (Å²) in [5, 5.41) is 2.97. The summed E-state index contributed by atoms with van der Waals surface area (Å²) in [4.78, 5) is 8.58. The smallest absolute Gasteiger partial charge is 0.226 e. The van der Waals surface area contributed by atoms with Gasteiger partial charge in [0.1, 0.15) is 12.5 Å². The first-order valence-corrected chi connectivity index (χ1v) is 9.41. The average Bonchev–Trinajstić information content (AvgIpc) is 2.76. The van der Waals surface area contributed by atoms with Crippen LogP contribution >= 0.6 is 0 Å². The first-order valence-electron chi connectivity index (χ1n) is 9.41. The van der Waals surface area contributed by atoms with Gasteiger partial charge in [-0.1, -0.05) is 0 Å². The maximum absolute atomic E-state index is 6.11. The van der Waals surface area contributed by atoms with Gasteiger partial charge in [0.05, 0.1) is 47.8 Å². The van der Waals surface area contributed by atoms with Crippen molar-refractivity contribution in [3.8, 4) is 17.2 Å². The molecule has 10 heteroatoms. The summed E-state index contributed by atoms with van der Waals surface area (Å²) in [6.45, 7) is 2.29. The van der Waals surface area contributed by atoms with Crippen molar-refractivity contribution in [2.45, 2.75) is 6.42 Å². The SMILES string of the molecule is COCCOCCOCNc1ncc(Cc2cc(OC)c(OC)c(OC)c2)c(N)n1. The third kappa shape index (κ3) is 6.90. The number of benzene rings is 1. The number of hydrogen-bond acceptors (Lipinski definition) is 10. The number of nitrogen functional groups attached to an aromatic ring is 1. The highest BCUT2D eigenvalue weighted by Gasteiger charge is 2.14. The van der Waals surface area contributed by atoms with Crippen LogP contribution in [-0.2, 0) is 20.6 Å². The van der Waals surface area contributed by atoms with E-state index in [2.05, 4.69) is 15.3 Å². The van der Waals surface area contributed by atoms with Crippen LogP contribution in [0.25, 0.3) is 0 Å². The van der Waals surface area contributed by atoms with Gasteiger partial charge in [0.25, 0.3) is 0 Å². The Morgan fingerprint density at radius 3 is 2.17 bits per heavy atom. The summed E-state index contributed by atoms with van der Waals surface area (Å²) >= 11 is 0. The summed E-state index contributed by atoms with van der Waals surface area (Å²) < 4.78 is 31.8. The van der Waals surface area contributed by atoms with E-state index in [1.807, 2.05) is 12.1 Å². The first kappa shape index (κ1) is 23.5. The Balaban J connectivity index is 1.91. The second kappa shape index (κ2) is 12.7. The summed E-state index contributed by atoms with van der Waals surface area (Å²) in [6, 6.07) is 3.74. The van der Waals surface area contributed by atoms with E-state index in [9.17, 15) is 0 Å². The van der Waals surface area contributed by atoms with Gasteiger partial charge >= 0.3 is 0 Å². The molecule has 0 bridgehead atoms. The van der Waals surface area contributed by atoms with E-state index in [1.54, 1.807) is 34.6 Å². The van der Waals surface area contributed by atoms with Gasteiger partial charge in [-0.3, -0.25) is 0 Å². The molecule has 0 unspecified atom stereocenters. The maximum Gasteiger partial charge on any atom is 0.226 e. The molecule has 0 aliphatic heterocycles. The number of hydrogen-bond donors (Lipinski definition) is 2. The molecule has 1 aromatic carbocycles. The molecule has 10 nitrogen and oxygen atoms in total. The van der Waals surface area contributed by atoms with Crippen molar-refractivity contribution in [1.82, 2.24) is 9.97 Å². The second-order valence-corrected chi connectivity index (χ2v) is 6.15. The van der Waals surface area contributed by atoms with Crippen molar-refractivity contribution in [3.63, 3.8) is 0 Å². The number of aromatic nitrogens is 2. The molecule has 0 saturated carbocycles. The van der Waals surface area contributed by atoms with Crippen LogP contribution in [-0.4, -0.2) is 71.6 Å². The highest BCUT2D eigenvalue weighted by Crippen LogP contribution is 2.38. The molecule has 0 radical (unpaired) electrons. The molecule has 30 heavy (non-hydrogen) atoms. The lowest BCUT2D eigenvalue weighted by molar-refractivity contribution is 0.0290. The number of ether oxygens (including phenoxy) is 6. The molecule has 3 N–H and O–H groups in total. The Kier molecular flexibility index (Phi) is 9.92. The molecule has 2 aromatic rings. The molecule has 0 amide bonds. The standard InChI is InChI=1S/C20H30N4O6/c1-25-5-6-29-7-8-30-13-23-20-22-12-15(19(21)24-20)9-14-10-16(26-2)18(28-4)17(11-14)27-3/h10-12H,5-9,13H2,1-4H3,(H3,21,22,23,24). The molecule has 0 aliphatic rings. The van der Waals surface area contributed by atoms with Crippen molar-refractivity contribution in [2.24, 2.45) is 0 Å². The summed E-state index contributed by atoms with van der Waals surface area (Å²) in [6.07, 6.45) is 2.19. The molecule has 0 aliphatic carbocycles. The zero-order chi connectivity index (χ0) is 21.8. The van der Waals surface area contributed by atoms with Crippen LogP contribution in [0.3, 0.4) is 0 Å². The molecule has 2 rings (SSSR count). The second-order valence-electron chi connectivity index (χ2n) is 6.15. The van der Waals surface area contributed by atoms with Gasteiger partial charge in [0.2, 0.25) is 11.7 Å². The van der Waals surface area contributed by atoms with E-state index in [4.69, 9.17) is 34.2 Å². The minimum Gasteiger partial charge on any atom is -0.493 e. The van der Waals surface area contributed by atoms with Crippen LogP contribution in [0, 0.1) is 0 Å². The molecular weight excluding hydrogens is 392 g/mol. The largest absolute Gasteiger partial charge is 0.493 e. The van der Waals surface area contributed by atoms with E-state index >= 15 is 0 Å². The van der Waals surface area contributed by atoms with Crippen molar-refractivity contribution >= 4 is 11.8 Å². The number of anilines is 2. The van der Waals surface area contributed by atoms with Crippen LogP contribution in [0.2, 0.25) is 0 Å². The molecule has 0 saturated heterocycles. The van der Waals surface area contributed by atoms with E-state index in [0.29, 0.717) is 61.9 Å². The minimum atomic E-state index is 0.249. The third-order valence-corrected chi connectivity index (χ3v) is 4.15. The van der Waals surface area contributed by atoms with Crippen LogP contribution in [0.1, 0.15) is 11.1 Å². The number of nitrogens with one attached hydrogen (secondary N) is 1. The summed E-state index contributed by atoms with van der Waals surface area (Å²) in [5.74, 6) is 2.46. The van der Waals surface area contributed by atoms with Crippen LogP contribution in [0.4, 0.5) is 11.8 Å². The fraction of sp³-hybridized carbons (Fsp3) is 0.500. The lowest BCUT2D eigenvalue weighted by Crippen LogP contribution is -2.14. The van der Waals surface area contributed by atoms with Gasteiger partial charge in [-0.2, -0.15) is 4.98 Å². The Morgan fingerprint density at radius 2 is 1.57 bits per heavy atom. The molecule has 0 fully saturated rings. The molecule has 1 aromatic heterocycles. The third-order valence-electron chi connectivity index (χ3n) is 4.15. The van der Waals surface area contributed by atoms with Gasteiger partial charge in [-0.05, 0) is 17.7 Å². The van der Waals surface area contributed by atoms with E-state index in [-0.39, 0.29) is 6.73 Å². The molecule has 0 atom stereocenters. The number of rotatable bonds is 14. The zero-order valence-corrected chi connectivity index (χ0v) is 17.9. The predicted molar refractivity (Wildman–Crippen MR) is 112 cm³/mol. The van der Waals surface area contributed by atoms with E-state index < -0.39 is 0 Å². The zero-order valence-electron chi connectivity index (χ0n) is 17.9. The fourth-order valence-electron chi connectivity index (χ4n) is 2.65. The van der Waals surface area contributed by atoms with Crippen LogP contribution in [0.15, 0.2) is 18.3 Å². The van der Waals surface area contributed by atoms with Crippen LogP contribution < -0.4 is 25.3 Å². The predicted octanol–water partition coefficient (Wildman–Crippen LogP) is 1.72. The van der Waals surface area contributed by atoms with Crippen molar-refractivity contribution in [1.29, 1.82) is 0 Å². The Labute approximate surface area is 176 Å². The lowest BCUT2D eigenvalue weighted by Gasteiger charge is -2.14. The molecule has 1 heterocycles. The van der Waals surface area contributed by atoms with Gasteiger partial charge in [0, 0.05) is 25.3 Å². The fourth-order valence-corrected chi connectivity index (χ4v) is 2.65. The lowest BCUT2D eigenvalue weighted by atomic mass is 10.1. The Morgan fingerprint density at radius 1 is 0.900 bits per heavy atom. The minimum absolute atomic E-state index is 0.249. The Hall–Kier alpha value is -2.82. The van der Waals surface area contributed by atoms with Gasteiger partial charge in [0.15, 0.2) is 11.5 Å². The highest BCUT2D eigenvalue weighted by molar-refractivity contribution is 5.55. The molecule has 166 valence electrons. The quantitative estimate of drug-likeness (QED) is 0.344. The Bertz CT molecular complexity index is 765. The monoisotopic (exact) mass is 422 g/mol. The van der Waals surface area contributed by atoms with Crippen LogP contribution in [0.5, 0.6) is 17.2 Å². The van der Waals surface area contributed by atoms with Crippen molar-refractivity contribution in [2.75, 3.05) is 72.6 Å².